The van der Waals surface area contributed by atoms with Crippen LogP contribution in [0.1, 0.15) is 57.8 Å². The third-order valence-corrected chi connectivity index (χ3v) is 5.66. The number of Topliss-reactive ketones (excluding diaryl/α,β-unsaturated/α-hetero) is 1. The van der Waals surface area contributed by atoms with Crippen molar-refractivity contribution in [2.75, 3.05) is 5.01 Å². The van der Waals surface area contributed by atoms with Crippen molar-refractivity contribution in [1.29, 1.82) is 0 Å². The molecule has 0 spiro atoms. The zero-order valence-corrected chi connectivity index (χ0v) is 17.9. The van der Waals surface area contributed by atoms with Gasteiger partial charge < -0.3 is 0 Å². The summed E-state index contributed by atoms with van der Waals surface area (Å²) in [5.41, 5.74) is 0.919. The van der Waals surface area contributed by atoms with E-state index in [2.05, 4.69) is 10.2 Å². The van der Waals surface area contributed by atoms with E-state index in [0.29, 0.717) is 52.8 Å². The summed E-state index contributed by atoms with van der Waals surface area (Å²) >= 11 is 1.19. The van der Waals surface area contributed by atoms with E-state index in [1.54, 1.807) is 16.8 Å². The number of nitro benzene ring substituents is 1. The van der Waals surface area contributed by atoms with Crippen molar-refractivity contribution in [2.45, 2.75) is 58.0 Å². The molecule has 2 heterocycles. The highest BCUT2D eigenvalue weighted by Gasteiger charge is 2.36. The summed E-state index contributed by atoms with van der Waals surface area (Å²) in [6, 6.07) is 5.89. The maximum Gasteiger partial charge on any atom is 0.269 e. The molecule has 0 atom stereocenters. The molecule has 1 amide bonds. The van der Waals surface area contributed by atoms with Crippen LogP contribution in [0.15, 0.2) is 34.3 Å². The Morgan fingerprint density at radius 2 is 1.73 bits per heavy atom. The highest BCUT2D eigenvalue weighted by molar-refractivity contribution is 8.04. The number of thioether (sulfide) groups is 1. The van der Waals surface area contributed by atoms with Gasteiger partial charge in [0.05, 0.1) is 15.5 Å². The minimum absolute atomic E-state index is 0.0603. The number of ketones is 1. The van der Waals surface area contributed by atoms with Crippen molar-refractivity contribution in [3.63, 3.8) is 0 Å². The normalized spacial score (nSPS) is 13.4. The maximum atomic E-state index is 13.2. The molecule has 9 nitrogen and oxygen atoms in total. The van der Waals surface area contributed by atoms with E-state index in [1.807, 2.05) is 20.8 Å². The van der Waals surface area contributed by atoms with E-state index < -0.39 is 4.92 Å². The molecule has 158 valence electrons. The number of fused-ring (bicyclic) bond motifs is 1. The van der Waals surface area contributed by atoms with Gasteiger partial charge in [0.2, 0.25) is 11.1 Å². The second-order valence-corrected chi connectivity index (χ2v) is 7.75. The highest BCUT2D eigenvalue weighted by Crippen LogP contribution is 2.41. The van der Waals surface area contributed by atoms with Gasteiger partial charge in [-0.05, 0) is 36.7 Å². The summed E-state index contributed by atoms with van der Waals surface area (Å²) < 4.78 is 1.65. The van der Waals surface area contributed by atoms with Gasteiger partial charge in [-0.15, -0.1) is 10.2 Å². The Balaban J connectivity index is 2.25. The van der Waals surface area contributed by atoms with Gasteiger partial charge in [0, 0.05) is 37.0 Å². The second-order valence-electron chi connectivity index (χ2n) is 6.78. The lowest BCUT2D eigenvalue weighted by Crippen LogP contribution is -2.43. The maximum absolute atomic E-state index is 13.2. The van der Waals surface area contributed by atoms with E-state index in [1.165, 1.54) is 28.9 Å². The summed E-state index contributed by atoms with van der Waals surface area (Å²) in [6.45, 7) is 5.73. The van der Waals surface area contributed by atoms with Gasteiger partial charge in [-0.2, -0.15) is 0 Å². The molecular formula is C20H23N5O4S. The molecule has 0 unspecified atom stereocenters. The number of carbonyl (C=O) groups excluding carboxylic acids is 2. The molecule has 0 bridgehead atoms. The molecule has 1 aromatic carbocycles. The van der Waals surface area contributed by atoms with Crippen LogP contribution in [0, 0.1) is 10.1 Å². The number of rotatable bonds is 8. The summed E-state index contributed by atoms with van der Waals surface area (Å²) in [4.78, 5) is 37.2. The Kier molecular flexibility index (Phi) is 6.66. The van der Waals surface area contributed by atoms with Crippen molar-refractivity contribution in [2.24, 2.45) is 0 Å². The van der Waals surface area contributed by atoms with Crippen LogP contribution in [0.3, 0.4) is 0 Å². The number of aromatic nitrogens is 3. The van der Waals surface area contributed by atoms with Crippen LogP contribution in [0.2, 0.25) is 0 Å². The van der Waals surface area contributed by atoms with Crippen LogP contribution in [-0.2, 0) is 16.0 Å². The summed E-state index contributed by atoms with van der Waals surface area (Å²) in [5.74, 6) is 0.310. The SMILES string of the molecule is CCCC(=O)C1=C(c2ccc([N+](=O)[O-])cc2)N(C(=O)CCC)n2c(CC)nnc2S1. The molecule has 30 heavy (non-hydrogen) atoms. The quantitative estimate of drug-likeness (QED) is 0.463. The molecule has 2 aromatic rings. The molecule has 0 radical (unpaired) electrons. The number of nitrogens with zero attached hydrogens (tertiary/aromatic N) is 5. The molecular weight excluding hydrogens is 406 g/mol. The van der Waals surface area contributed by atoms with Crippen molar-refractivity contribution in [3.05, 3.63) is 50.7 Å². The van der Waals surface area contributed by atoms with E-state index in [9.17, 15) is 19.7 Å². The van der Waals surface area contributed by atoms with E-state index in [4.69, 9.17) is 0 Å². The molecule has 0 saturated heterocycles. The van der Waals surface area contributed by atoms with Gasteiger partial charge in [-0.1, -0.05) is 20.8 Å². The van der Waals surface area contributed by atoms with Crippen molar-refractivity contribution in [1.82, 2.24) is 14.9 Å². The van der Waals surface area contributed by atoms with Gasteiger partial charge in [-0.25, -0.2) is 9.69 Å². The van der Waals surface area contributed by atoms with E-state index in [-0.39, 0.29) is 23.8 Å². The van der Waals surface area contributed by atoms with Crippen molar-refractivity contribution in [3.8, 4) is 0 Å². The highest BCUT2D eigenvalue weighted by atomic mass is 32.2. The van der Waals surface area contributed by atoms with E-state index >= 15 is 0 Å². The first-order chi connectivity index (χ1) is 14.4. The van der Waals surface area contributed by atoms with Gasteiger partial charge in [0.25, 0.3) is 5.69 Å². The Morgan fingerprint density at radius 3 is 2.30 bits per heavy atom. The Hall–Kier alpha value is -3.01. The van der Waals surface area contributed by atoms with Crippen LogP contribution >= 0.6 is 11.8 Å². The number of hydrogen-bond acceptors (Lipinski definition) is 7. The largest absolute Gasteiger partial charge is 0.294 e. The monoisotopic (exact) mass is 429 g/mol. The molecule has 1 aliphatic rings. The molecule has 0 aliphatic carbocycles. The van der Waals surface area contributed by atoms with Gasteiger partial charge in [0.15, 0.2) is 11.6 Å². The second kappa shape index (κ2) is 9.21. The van der Waals surface area contributed by atoms with E-state index in [0.717, 1.165) is 0 Å². The fourth-order valence-corrected chi connectivity index (χ4v) is 4.25. The lowest BCUT2D eigenvalue weighted by Gasteiger charge is -2.33. The molecule has 0 saturated carbocycles. The number of hydrogen-bond donors (Lipinski definition) is 0. The zero-order chi connectivity index (χ0) is 21.8. The minimum Gasteiger partial charge on any atom is -0.294 e. The third-order valence-electron chi connectivity index (χ3n) is 4.60. The predicted molar refractivity (Wildman–Crippen MR) is 113 cm³/mol. The number of benzene rings is 1. The van der Waals surface area contributed by atoms with Crippen LogP contribution < -0.4 is 5.01 Å². The fraction of sp³-hybridized carbons (Fsp3) is 0.400. The average molecular weight is 430 g/mol. The number of aryl methyl sites for hydroxylation is 1. The topological polar surface area (TPSA) is 111 Å². The molecule has 1 aromatic heterocycles. The van der Waals surface area contributed by atoms with Crippen molar-refractivity contribution < 1.29 is 14.5 Å². The molecule has 0 N–H and O–H groups in total. The molecule has 3 rings (SSSR count). The lowest BCUT2D eigenvalue weighted by molar-refractivity contribution is -0.384. The number of amides is 1. The van der Waals surface area contributed by atoms with Gasteiger partial charge in [0.1, 0.15) is 0 Å². The molecule has 1 aliphatic heterocycles. The van der Waals surface area contributed by atoms with Gasteiger partial charge >= 0.3 is 0 Å². The smallest absolute Gasteiger partial charge is 0.269 e. The van der Waals surface area contributed by atoms with Crippen LogP contribution in [0.25, 0.3) is 5.70 Å². The molecule has 0 fully saturated rings. The predicted octanol–water partition coefficient (Wildman–Crippen LogP) is 3.86. The first kappa shape index (κ1) is 21.7. The summed E-state index contributed by atoms with van der Waals surface area (Å²) in [5, 5.41) is 21.4. The van der Waals surface area contributed by atoms with Crippen LogP contribution in [0.5, 0.6) is 0 Å². The first-order valence-electron chi connectivity index (χ1n) is 9.90. The average Bonchev–Trinajstić information content (AvgIpc) is 3.15. The Labute approximate surface area is 178 Å². The Morgan fingerprint density at radius 1 is 1.07 bits per heavy atom. The van der Waals surface area contributed by atoms with Gasteiger partial charge in [-0.3, -0.25) is 19.7 Å². The van der Waals surface area contributed by atoms with Crippen LogP contribution in [0.4, 0.5) is 5.69 Å². The van der Waals surface area contributed by atoms with Crippen molar-refractivity contribution >= 4 is 34.8 Å². The summed E-state index contributed by atoms with van der Waals surface area (Å²) in [6.07, 6.45) is 2.44. The Bertz CT molecular complexity index is 1010. The number of nitro groups is 1. The number of allylic oxidation sites excluding steroid dienone is 1. The number of non-ortho nitro benzene ring substituents is 1. The molecule has 10 heteroatoms. The lowest BCUT2D eigenvalue weighted by atomic mass is 10.1. The van der Waals surface area contributed by atoms with Crippen LogP contribution in [-0.4, -0.2) is 31.5 Å². The minimum atomic E-state index is -0.482. The fourth-order valence-electron chi connectivity index (χ4n) is 3.20. The number of carbonyl (C=O) groups is 2. The zero-order valence-electron chi connectivity index (χ0n) is 17.1. The third kappa shape index (κ3) is 4.00. The first-order valence-corrected chi connectivity index (χ1v) is 10.7. The standard InChI is InChI=1S/C20H23N5O4S/c1-4-7-15(26)19-18(13-9-11-14(12-10-13)25(28)29)24(17(27)8-5-2)23-16(6-3)21-22-20(23)30-19/h9-12H,4-8H2,1-3H3. The summed E-state index contributed by atoms with van der Waals surface area (Å²) in [7, 11) is 0.